The van der Waals surface area contributed by atoms with E-state index in [-0.39, 0.29) is 17.5 Å². The molecule has 7 heteroatoms. The molecule has 0 saturated carbocycles. The van der Waals surface area contributed by atoms with Crippen molar-refractivity contribution in [1.82, 2.24) is 9.80 Å². The third-order valence-electron chi connectivity index (χ3n) is 4.75. The molecule has 0 atom stereocenters. The minimum atomic E-state index is -3.31. The van der Waals surface area contributed by atoms with E-state index in [1.165, 1.54) is 24.3 Å². The zero-order chi connectivity index (χ0) is 19.3. The predicted octanol–water partition coefficient (Wildman–Crippen LogP) is 2.45. The molecule has 1 saturated heterocycles. The predicted molar refractivity (Wildman–Crippen MR) is 102 cm³/mol. The van der Waals surface area contributed by atoms with E-state index in [0.29, 0.717) is 36.6 Å². The monoisotopic (exact) mass is 390 g/mol. The highest BCUT2D eigenvalue weighted by molar-refractivity contribution is 7.91. The van der Waals surface area contributed by atoms with Gasteiger partial charge in [0.2, 0.25) is 0 Å². The Labute approximate surface area is 159 Å². The third kappa shape index (κ3) is 5.14. The minimum Gasteiger partial charge on any atom is -0.337 e. The second kappa shape index (κ2) is 8.63. The highest BCUT2D eigenvalue weighted by Gasteiger charge is 2.22. The lowest BCUT2D eigenvalue weighted by Gasteiger charge is -2.22. The van der Waals surface area contributed by atoms with Crippen LogP contribution >= 0.6 is 0 Å². The van der Waals surface area contributed by atoms with Gasteiger partial charge < -0.3 is 9.80 Å². The second-order valence-electron chi connectivity index (χ2n) is 6.63. The Morgan fingerprint density at radius 2 is 1.63 bits per heavy atom. The number of benzene rings is 2. The van der Waals surface area contributed by atoms with Crippen LogP contribution < -0.4 is 0 Å². The van der Waals surface area contributed by atoms with Crippen molar-refractivity contribution >= 4 is 15.7 Å². The van der Waals surface area contributed by atoms with Gasteiger partial charge >= 0.3 is 0 Å². The van der Waals surface area contributed by atoms with Crippen LogP contribution in [0, 0.1) is 5.82 Å². The van der Waals surface area contributed by atoms with E-state index < -0.39 is 9.84 Å². The van der Waals surface area contributed by atoms with Crippen LogP contribution in [0.1, 0.15) is 16.8 Å². The maximum atomic E-state index is 13.0. The second-order valence-corrected chi connectivity index (χ2v) is 8.74. The lowest BCUT2D eigenvalue weighted by molar-refractivity contribution is 0.0761. The average Bonchev–Trinajstić information content (AvgIpc) is 2.93. The molecule has 5 nitrogen and oxygen atoms in total. The average molecular weight is 390 g/mol. The van der Waals surface area contributed by atoms with Gasteiger partial charge in [-0.2, -0.15) is 0 Å². The summed E-state index contributed by atoms with van der Waals surface area (Å²) in [6.45, 7) is 2.95. The topological polar surface area (TPSA) is 57.7 Å². The van der Waals surface area contributed by atoms with Gasteiger partial charge in [0, 0.05) is 31.7 Å². The Morgan fingerprint density at radius 3 is 2.33 bits per heavy atom. The molecule has 3 rings (SSSR count). The SMILES string of the molecule is O=C(c1ccc(F)cc1)N1CCCN(CCS(=O)(=O)c2ccccc2)CC1. The first-order valence-corrected chi connectivity index (χ1v) is 10.7. The van der Waals surface area contributed by atoms with Crippen LogP contribution in [0.2, 0.25) is 0 Å². The lowest BCUT2D eigenvalue weighted by atomic mass is 10.2. The molecule has 0 aliphatic carbocycles. The Morgan fingerprint density at radius 1 is 0.926 bits per heavy atom. The fraction of sp³-hybridized carbons (Fsp3) is 0.350. The molecule has 0 unspecified atom stereocenters. The van der Waals surface area contributed by atoms with Crippen LogP contribution in [0.25, 0.3) is 0 Å². The Kier molecular flexibility index (Phi) is 6.23. The van der Waals surface area contributed by atoms with Gasteiger partial charge in [-0.1, -0.05) is 18.2 Å². The molecule has 1 heterocycles. The van der Waals surface area contributed by atoms with Crippen molar-refractivity contribution in [2.75, 3.05) is 38.5 Å². The number of hydrogen-bond acceptors (Lipinski definition) is 4. The Hall–Kier alpha value is -2.25. The molecular formula is C20H23FN2O3S. The number of carbonyl (C=O) groups excluding carboxylic acids is 1. The van der Waals surface area contributed by atoms with E-state index in [4.69, 9.17) is 0 Å². The van der Waals surface area contributed by atoms with Crippen molar-refractivity contribution < 1.29 is 17.6 Å². The molecule has 0 spiro atoms. The van der Waals surface area contributed by atoms with Crippen molar-refractivity contribution in [3.05, 3.63) is 66.0 Å². The third-order valence-corrected chi connectivity index (χ3v) is 6.46. The summed E-state index contributed by atoms with van der Waals surface area (Å²) in [6, 6.07) is 14.0. The van der Waals surface area contributed by atoms with Crippen molar-refractivity contribution in [2.45, 2.75) is 11.3 Å². The summed E-state index contributed by atoms with van der Waals surface area (Å²) in [4.78, 5) is 16.7. The molecule has 1 aliphatic heterocycles. The maximum Gasteiger partial charge on any atom is 0.253 e. The van der Waals surface area contributed by atoms with E-state index in [1.807, 2.05) is 0 Å². The first-order valence-electron chi connectivity index (χ1n) is 9.01. The van der Waals surface area contributed by atoms with Gasteiger partial charge in [0.05, 0.1) is 10.6 Å². The van der Waals surface area contributed by atoms with Crippen molar-refractivity contribution in [1.29, 1.82) is 0 Å². The smallest absolute Gasteiger partial charge is 0.253 e. The van der Waals surface area contributed by atoms with Gasteiger partial charge in [0.15, 0.2) is 9.84 Å². The fourth-order valence-corrected chi connectivity index (χ4v) is 4.47. The van der Waals surface area contributed by atoms with Gasteiger partial charge in [-0.05, 0) is 49.4 Å². The molecule has 1 fully saturated rings. The molecular weight excluding hydrogens is 367 g/mol. The van der Waals surface area contributed by atoms with E-state index in [0.717, 1.165) is 13.0 Å². The van der Waals surface area contributed by atoms with Crippen molar-refractivity contribution in [2.24, 2.45) is 0 Å². The van der Waals surface area contributed by atoms with E-state index in [1.54, 1.807) is 35.2 Å². The molecule has 0 aromatic heterocycles. The van der Waals surface area contributed by atoms with Crippen LogP contribution in [0.3, 0.4) is 0 Å². The van der Waals surface area contributed by atoms with E-state index in [2.05, 4.69) is 4.90 Å². The van der Waals surface area contributed by atoms with E-state index in [9.17, 15) is 17.6 Å². The van der Waals surface area contributed by atoms with Gasteiger partial charge in [-0.15, -0.1) is 0 Å². The molecule has 2 aromatic carbocycles. The molecule has 1 aliphatic rings. The zero-order valence-electron chi connectivity index (χ0n) is 15.1. The van der Waals surface area contributed by atoms with Crippen LogP contribution in [0.5, 0.6) is 0 Å². The highest BCUT2D eigenvalue weighted by atomic mass is 32.2. The first kappa shape index (κ1) is 19.5. The van der Waals surface area contributed by atoms with Crippen LogP contribution in [-0.4, -0.2) is 62.6 Å². The molecule has 144 valence electrons. The normalized spacial score (nSPS) is 16.1. The number of halogens is 1. The number of sulfone groups is 1. The summed E-state index contributed by atoms with van der Waals surface area (Å²) in [5.74, 6) is -0.426. The molecule has 2 aromatic rings. The number of nitrogens with zero attached hydrogens (tertiary/aromatic N) is 2. The van der Waals surface area contributed by atoms with Crippen molar-refractivity contribution in [3.8, 4) is 0 Å². The quantitative estimate of drug-likeness (QED) is 0.787. The van der Waals surface area contributed by atoms with Gasteiger partial charge in [-0.25, -0.2) is 12.8 Å². The first-order chi connectivity index (χ1) is 13.0. The Balaban J connectivity index is 1.55. The van der Waals surface area contributed by atoms with Crippen molar-refractivity contribution in [3.63, 3.8) is 0 Å². The largest absolute Gasteiger partial charge is 0.337 e. The molecule has 0 radical (unpaired) electrons. The fourth-order valence-electron chi connectivity index (χ4n) is 3.17. The lowest BCUT2D eigenvalue weighted by Crippen LogP contribution is -2.36. The molecule has 0 bridgehead atoms. The van der Waals surface area contributed by atoms with Crippen LogP contribution in [-0.2, 0) is 9.84 Å². The van der Waals surface area contributed by atoms with Crippen LogP contribution in [0.15, 0.2) is 59.5 Å². The van der Waals surface area contributed by atoms with Gasteiger partial charge in [-0.3, -0.25) is 4.79 Å². The van der Waals surface area contributed by atoms with Gasteiger partial charge in [0.1, 0.15) is 5.82 Å². The maximum absolute atomic E-state index is 13.0. The summed E-state index contributed by atoms with van der Waals surface area (Å²) >= 11 is 0. The highest BCUT2D eigenvalue weighted by Crippen LogP contribution is 2.13. The van der Waals surface area contributed by atoms with Crippen LogP contribution in [0.4, 0.5) is 4.39 Å². The molecule has 1 amide bonds. The number of hydrogen-bond donors (Lipinski definition) is 0. The minimum absolute atomic E-state index is 0.0585. The summed E-state index contributed by atoms with van der Waals surface area (Å²) in [7, 11) is -3.31. The van der Waals surface area contributed by atoms with E-state index >= 15 is 0 Å². The summed E-state index contributed by atoms with van der Waals surface area (Å²) < 4.78 is 37.9. The standard InChI is InChI=1S/C20H23FN2O3S/c21-18-9-7-17(8-10-18)20(24)23-12-4-11-22(13-14-23)15-16-27(25,26)19-5-2-1-3-6-19/h1-3,5-10H,4,11-16H2. The van der Waals surface area contributed by atoms with Gasteiger partial charge in [0.25, 0.3) is 5.91 Å². The summed E-state index contributed by atoms with van der Waals surface area (Å²) in [5.41, 5.74) is 0.469. The number of carbonyl (C=O) groups is 1. The molecule has 0 N–H and O–H groups in total. The zero-order valence-corrected chi connectivity index (χ0v) is 15.9. The number of rotatable bonds is 5. The summed E-state index contributed by atoms with van der Waals surface area (Å²) in [5, 5.41) is 0. The summed E-state index contributed by atoms with van der Waals surface area (Å²) in [6.07, 6.45) is 0.776. The Bertz CT molecular complexity index is 870. The molecule has 27 heavy (non-hydrogen) atoms. The number of amides is 1.